The van der Waals surface area contributed by atoms with E-state index in [0.29, 0.717) is 6.10 Å². The zero-order valence-electron chi connectivity index (χ0n) is 11.0. The minimum absolute atomic E-state index is 0.0412. The van der Waals surface area contributed by atoms with E-state index in [0.717, 1.165) is 36.5 Å². The SMILES string of the molecule is Cc1ccc(C(N)CCCC2CCCO2)c(Cl)c1. The maximum Gasteiger partial charge on any atom is 0.0576 e. The van der Waals surface area contributed by atoms with Crippen LogP contribution in [0.1, 0.15) is 49.3 Å². The van der Waals surface area contributed by atoms with Crippen LogP contribution >= 0.6 is 11.6 Å². The van der Waals surface area contributed by atoms with Crippen molar-refractivity contribution in [3.8, 4) is 0 Å². The summed E-state index contributed by atoms with van der Waals surface area (Å²) in [5, 5.41) is 0.791. The molecular formula is C15H22ClNO. The first kappa shape index (κ1) is 13.9. The van der Waals surface area contributed by atoms with Crippen molar-refractivity contribution in [2.24, 2.45) is 5.73 Å². The first-order chi connectivity index (χ1) is 8.66. The van der Waals surface area contributed by atoms with Crippen LogP contribution < -0.4 is 5.73 Å². The summed E-state index contributed by atoms with van der Waals surface area (Å²) >= 11 is 6.23. The van der Waals surface area contributed by atoms with Crippen molar-refractivity contribution in [3.05, 3.63) is 34.3 Å². The molecule has 1 aliphatic heterocycles. The van der Waals surface area contributed by atoms with Crippen LogP contribution in [0.5, 0.6) is 0 Å². The molecule has 2 N–H and O–H groups in total. The summed E-state index contributed by atoms with van der Waals surface area (Å²) < 4.78 is 5.61. The average Bonchev–Trinajstić information content (AvgIpc) is 2.81. The molecule has 2 unspecified atom stereocenters. The van der Waals surface area contributed by atoms with Crippen molar-refractivity contribution in [2.75, 3.05) is 6.61 Å². The standard InChI is InChI=1S/C15H22ClNO/c1-11-7-8-13(14(16)10-11)15(17)6-2-4-12-5-3-9-18-12/h7-8,10,12,15H,2-6,9,17H2,1H3. The van der Waals surface area contributed by atoms with E-state index in [4.69, 9.17) is 22.1 Å². The molecule has 2 rings (SSSR count). The lowest BCUT2D eigenvalue weighted by Gasteiger charge is -2.15. The maximum atomic E-state index is 6.23. The summed E-state index contributed by atoms with van der Waals surface area (Å²) in [6.07, 6.45) is 6.09. The predicted octanol–water partition coefficient (Wildman–Crippen LogP) is 4.00. The highest BCUT2D eigenvalue weighted by Crippen LogP contribution is 2.27. The number of nitrogens with two attached hydrogens (primary N) is 1. The van der Waals surface area contributed by atoms with E-state index >= 15 is 0 Å². The normalized spacial score (nSPS) is 21.2. The summed E-state index contributed by atoms with van der Waals surface area (Å²) in [4.78, 5) is 0. The molecule has 0 saturated carbocycles. The van der Waals surface area contributed by atoms with Gasteiger partial charge in [-0.2, -0.15) is 0 Å². The van der Waals surface area contributed by atoms with Crippen LogP contribution in [0, 0.1) is 6.92 Å². The highest BCUT2D eigenvalue weighted by molar-refractivity contribution is 6.31. The molecule has 18 heavy (non-hydrogen) atoms. The lowest BCUT2D eigenvalue weighted by atomic mass is 9.99. The lowest BCUT2D eigenvalue weighted by Crippen LogP contribution is -2.12. The van der Waals surface area contributed by atoms with Gasteiger partial charge in [0.25, 0.3) is 0 Å². The Balaban J connectivity index is 1.81. The van der Waals surface area contributed by atoms with E-state index in [9.17, 15) is 0 Å². The molecular weight excluding hydrogens is 246 g/mol. The molecule has 2 nitrogen and oxygen atoms in total. The molecule has 0 aromatic heterocycles. The van der Waals surface area contributed by atoms with Gasteiger partial charge < -0.3 is 10.5 Å². The van der Waals surface area contributed by atoms with Crippen LogP contribution in [0.15, 0.2) is 18.2 Å². The quantitative estimate of drug-likeness (QED) is 0.875. The number of benzene rings is 1. The summed E-state index contributed by atoms with van der Waals surface area (Å²) in [6.45, 7) is 2.97. The molecule has 1 fully saturated rings. The Morgan fingerprint density at radius 1 is 1.50 bits per heavy atom. The van der Waals surface area contributed by atoms with Gasteiger partial charge >= 0.3 is 0 Å². The van der Waals surface area contributed by atoms with Crippen LogP contribution in [-0.2, 0) is 4.74 Å². The first-order valence-corrected chi connectivity index (χ1v) is 7.18. The lowest BCUT2D eigenvalue weighted by molar-refractivity contribution is 0.101. The van der Waals surface area contributed by atoms with Crippen molar-refractivity contribution in [3.63, 3.8) is 0 Å². The van der Waals surface area contributed by atoms with E-state index in [-0.39, 0.29) is 6.04 Å². The van der Waals surface area contributed by atoms with Gasteiger partial charge in [0.1, 0.15) is 0 Å². The van der Waals surface area contributed by atoms with Crippen LogP contribution in [-0.4, -0.2) is 12.7 Å². The van der Waals surface area contributed by atoms with Crippen molar-refractivity contribution >= 4 is 11.6 Å². The van der Waals surface area contributed by atoms with E-state index < -0.39 is 0 Å². The van der Waals surface area contributed by atoms with Gasteiger partial charge in [-0.3, -0.25) is 0 Å². The van der Waals surface area contributed by atoms with E-state index in [1.165, 1.54) is 18.4 Å². The second-order valence-corrected chi connectivity index (χ2v) is 5.60. The number of ether oxygens (including phenoxy) is 1. The zero-order valence-corrected chi connectivity index (χ0v) is 11.7. The number of aryl methyl sites for hydroxylation is 1. The Kier molecular flexibility index (Phi) is 5.04. The fraction of sp³-hybridized carbons (Fsp3) is 0.600. The van der Waals surface area contributed by atoms with Crippen LogP contribution in [0.25, 0.3) is 0 Å². The molecule has 100 valence electrons. The number of hydrogen-bond donors (Lipinski definition) is 1. The summed E-state index contributed by atoms with van der Waals surface area (Å²) in [6, 6.07) is 6.14. The molecule has 0 aliphatic carbocycles. The van der Waals surface area contributed by atoms with Crippen LogP contribution in [0.2, 0.25) is 5.02 Å². The van der Waals surface area contributed by atoms with Gasteiger partial charge in [0.05, 0.1) is 6.10 Å². The Bertz CT molecular complexity index is 388. The molecule has 1 aromatic carbocycles. The molecule has 1 aromatic rings. The summed E-state index contributed by atoms with van der Waals surface area (Å²) in [5.41, 5.74) is 8.45. The van der Waals surface area contributed by atoms with Crippen molar-refractivity contribution in [1.29, 1.82) is 0 Å². The van der Waals surface area contributed by atoms with Crippen LogP contribution in [0.3, 0.4) is 0 Å². The Hall–Kier alpha value is -0.570. The van der Waals surface area contributed by atoms with Gasteiger partial charge in [0.2, 0.25) is 0 Å². The third-order valence-corrected chi connectivity index (χ3v) is 3.95. The molecule has 2 atom stereocenters. The first-order valence-electron chi connectivity index (χ1n) is 6.80. The van der Waals surface area contributed by atoms with Crippen molar-refractivity contribution in [1.82, 2.24) is 0 Å². The third-order valence-electron chi connectivity index (χ3n) is 3.62. The van der Waals surface area contributed by atoms with Crippen molar-refractivity contribution in [2.45, 2.75) is 51.2 Å². The highest BCUT2D eigenvalue weighted by atomic mass is 35.5. The topological polar surface area (TPSA) is 35.2 Å². The Labute approximate surface area is 114 Å². The summed E-state index contributed by atoms with van der Waals surface area (Å²) in [5.74, 6) is 0. The Morgan fingerprint density at radius 2 is 2.33 bits per heavy atom. The number of rotatable bonds is 5. The fourth-order valence-corrected chi connectivity index (χ4v) is 2.90. The molecule has 0 spiro atoms. The molecule has 0 bridgehead atoms. The van der Waals surface area contributed by atoms with Gasteiger partial charge in [0.15, 0.2) is 0 Å². The second-order valence-electron chi connectivity index (χ2n) is 5.20. The van der Waals surface area contributed by atoms with Gasteiger partial charge in [-0.05, 0) is 56.2 Å². The average molecular weight is 268 g/mol. The minimum Gasteiger partial charge on any atom is -0.378 e. The van der Waals surface area contributed by atoms with E-state index in [1.807, 2.05) is 13.0 Å². The predicted molar refractivity (Wildman–Crippen MR) is 75.9 cm³/mol. The second kappa shape index (κ2) is 6.55. The highest BCUT2D eigenvalue weighted by Gasteiger charge is 2.16. The third kappa shape index (κ3) is 3.71. The maximum absolute atomic E-state index is 6.23. The summed E-state index contributed by atoms with van der Waals surface area (Å²) in [7, 11) is 0. The number of hydrogen-bond acceptors (Lipinski definition) is 2. The molecule has 1 aliphatic rings. The van der Waals surface area contributed by atoms with Gasteiger partial charge in [0, 0.05) is 17.7 Å². The number of halogens is 1. The van der Waals surface area contributed by atoms with Crippen molar-refractivity contribution < 1.29 is 4.74 Å². The monoisotopic (exact) mass is 267 g/mol. The molecule has 1 saturated heterocycles. The van der Waals surface area contributed by atoms with Crippen LogP contribution in [0.4, 0.5) is 0 Å². The van der Waals surface area contributed by atoms with Gasteiger partial charge in [-0.1, -0.05) is 23.7 Å². The van der Waals surface area contributed by atoms with Gasteiger partial charge in [-0.25, -0.2) is 0 Å². The van der Waals surface area contributed by atoms with Gasteiger partial charge in [-0.15, -0.1) is 0 Å². The van der Waals surface area contributed by atoms with E-state index in [2.05, 4.69) is 12.1 Å². The minimum atomic E-state index is 0.0412. The molecule has 0 amide bonds. The Morgan fingerprint density at radius 3 is 3.00 bits per heavy atom. The van der Waals surface area contributed by atoms with E-state index in [1.54, 1.807) is 0 Å². The molecule has 3 heteroatoms. The molecule has 0 radical (unpaired) electrons. The molecule has 1 heterocycles. The zero-order chi connectivity index (χ0) is 13.0. The largest absolute Gasteiger partial charge is 0.378 e. The smallest absolute Gasteiger partial charge is 0.0576 e. The fourth-order valence-electron chi connectivity index (χ4n) is 2.53.